The van der Waals surface area contributed by atoms with Gasteiger partial charge in [-0.3, -0.25) is 4.79 Å². The van der Waals surface area contributed by atoms with Crippen molar-refractivity contribution in [3.05, 3.63) is 12.2 Å². The zero-order valence-corrected chi connectivity index (χ0v) is 9.90. The molecule has 1 N–H and O–H groups in total. The fraction of sp³-hybridized carbons (Fsp3) is 0.769. The SMILES string of the molecule is O=C(OCCO)C1CC2OC1C1C3C=CC(O3)C21. The Labute approximate surface area is 105 Å². The minimum absolute atomic E-state index is 0.0638. The summed E-state index contributed by atoms with van der Waals surface area (Å²) in [4.78, 5) is 11.9. The molecule has 0 aromatic rings. The number of aliphatic hydroxyl groups is 1. The van der Waals surface area contributed by atoms with Crippen molar-refractivity contribution in [1.82, 2.24) is 0 Å². The molecule has 3 fully saturated rings. The van der Waals surface area contributed by atoms with E-state index in [1.807, 2.05) is 0 Å². The molecule has 98 valence electrons. The zero-order valence-electron chi connectivity index (χ0n) is 9.90. The van der Waals surface area contributed by atoms with Gasteiger partial charge in [-0.1, -0.05) is 12.2 Å². The second-order valence-corrected chi connectivity index (χ2v) is 5.48. The lowest BCUT2D eigenvalue weighted by Crippen LogP contribution is -2.41. The first-order chi connectivity index (χ1) is 8.79. The van der Waals surface area contributed by atoms with Crippen LogP contribution in [0, 0.1) is 17.8 Å². The quantitative estimate of drug-likeness (QED) is 0.560. The van der Waals surface area contributed by atoms with Gasteiger partial charge in [0.25, 0.3) is 0 Å². The summed E-state index contributed by atoms with van der Waals surface area (Å²) in [5.74, 6) is 0.318. The van der Waals surface area contributed by atoms with E-state index in [0.29, 0.717) is 11.8 Å². The highest BCUT2D eigenvalue weighted by Crippen LogP contribution is 2.56. The maximum Gasteiger partial charge on any atom is 0.311 e. The molecule has 4 aliphatic rings. The van der Waals surface area contributed by atoms with Gasteiger partial charge in [-0.05, 0) is 6.42 Å². The van der Waals surface area contributed by atoms with Crippen LogP contribution in [-0.2, 0) is 19.0 Å². The number of hydrogen-bond acceptors (Lipinski definition) is 5. The topological polar surface area (TPSA) is 65.0 Å². The van der Waals surface area contributed by atoms with Gasteiger partial charge in [-0.2, -0.15) is 0 Å². The summed E-state index contributed by atoms with van der Waals surface area (Å²) in [5, 5.41) is 8.69. The van der Waals surface area contributed by atoms with E-state index in [-0.39, 0.29) is 49.5 Å². The molecular weight excluding hydrogens is 236 g/mol. The lowest BCUT2D eigenvalue weighted by molar-refractivity contribution is -0.152. The summed E-state index contributed by atoms with van der Waals surface area (Å²) in [5.41, 5.74) is 0. The third kappa shape index (κ3) is 1.30. The van der Waals surface area contributed by atoms with Gasteiger partial charge in [0, 0.05) is 11.8 Å². The second kappa shape index (κ2) is 3.79. The number of rotatable bonds is 3. The fourth-order valence-corrected chi connectivity index (χ4v) is 4.06. The normalized spacial score (nSPS) is 50.8. The summed E-state index contributed by atoms with van der Waals surface area (Å²) in [6.45, 7) is -0.0563. The lowest BCUT2D eigenvalue weighted by atomic mass is 9.69. The van der Waals surface area contributed by atoms with E-state index in [2.05, 4.69) is 12.2 Å². The van der Waals surface area contributed by atoms with Crippen LogP contribution in [-0.4, -0.2) is 48.7 Å². The molecule has 4 aliphatic heterocycles. The number of fused-ring (bicyclic) bond motifs is 9. The number of ether oxygens (including phenoxy) is 3. The Morgan fingerprint density at radius 3 is 2.83 bits per heavy atom. The molecule has 5 nitrogen and oxygen atoms in total. The average molecular weight is 252 g/mol. The van der Waals surface area contributed by atoms with Crippen LogP contribution in [0.25, 0.3) is 0 Å². The van der Waals surface area contributed by atoms with Crippen LogP contribution in [0.15, 0.2) is 12.2 Å². The lowest BCUT2D eigenvalue weighted by Gasteiger charge is -2.29. The number of carbonyl (C=O) groups excluding carboxylic acids is 1. The predicted molar refractivity (Wildman–Crippen MR) is 59.6 cm³/mol. The summed E-state index contributed by atoms with van der Waals surface area (Å²) in [7, 11) is 0. The van der Waals surface area contributed by atoms with Crippen LogP contribution < -0.4 is 0 Å². The average Bonchev–Trinajstić information content (AvgIpc) is 3.10. The van der Waals surface area contributed by atoms with Crippen molar-refractivity contribution in [2.75, 3.05) is 13.2 Å². The Morgan fingerprint density at radius 1 is 1.28 bits per heavy atom. The van der Waals surface area contributed by atoms with Gasteiger partial charge in [0.2, 0.25) is 0 Å². The van der Waals surface area contributed by atoms with Gasteiger partial charge in [0.15, 0.2) is 0 Å². The third-order valence-electron chi connectivity index (χ3n) is 4.67. The van der Waals surface area contributed by atoms with Crippen molar-refractivity contribution < 1.29 is 24.1 Å². The first-order valence-electron chi connectivity index (χ1n) is 6.56. The van der Waals surface area contributed by atoms with Gasteiger partial charge in [-0.25, -0.2) is 0 Å². The molecule has 5 heteroatoms. The molecule has 7 atom stereocenters. The predicted octanol–water partition coefficient (Wildman–Crippen LogP) is -0.121. The molecule has 0 radical (unpaired) electrons. The number of aliphatic hydroxyl groups excluding tert-OH is 1. The first kappa shape index (κ1) is 11.0. The highest BCUT2D eigenvalue weighted by atomic mass is 16.6. The van der Waals surface area contributed by atoms with Crippen LogP contribution in [0.1, 0.15) is 6.42 Å². The van der Waals surface area contributed by atoms with Gasteiger partial charge in [-0.15, -0.1) is 0 Å². The van der Waals surface area contributed by atoms with E-state index in [4.69, 9.17) is 19.3 Å². The van der Waals surface area contributed by atoms with Gasteiger partial charge >= 0.3 is 5.97 Å². The van der Waals surface area contributed by atoms with Crippen molar-refractivity contribution in [2.45, 2.75) is 30.8 Å². The van der Waals surface area contributed by atoms with E-state index in [9.17, 15) is 4.79 Å². The summed E-state index contributed by atoms with van der Waals surface area (Å²) in [6.07, 6.45) is 5.31. The standard InChI is InChI=1S/C13H16O5/c14-3-4-16-13(15)6-5-9-10-7-1-2-8(17-7)11(10)12(6)18-9/h1-2,6-12,14H,3-5H2. The second-order valence-electron chi connectivity index (χ2n) is 5.48. The maximum absolute atomic E-state index is 11.9. The molecule has 0 aromatic heterocycles. The number of carbonyl (C=O) groups is 1. The van der Waals surface area contributed by atoms with Crippen LogP contribution >= 0.6 is 0 Å². The van der Waals surface area contributed by atoms with Crippen molar-refractivity contribution in [2.24, 2.45) is 17.8 Å². The highest BCUT2D eigenvalue weighted by molar-refractivity contribution is 5.74. The monoisotopic (exact) mass is 252 g/mol. The fourth-order valence-electron chi connectivity index (χ4n) is 4.06. The van der Waals surface area contributed by atoms with E-state index in [0.717, 1.165) is 6.42 Å². The third-order valence-corrected chi connectivity index (χ3v) is 4.67. The Morgan fingerprint density at radius 2 is 2.06 bits per heavy atom. The van der Waals surface area contributed by atoms with Crippen molar-refractivity contribution in [3.8, 4) is 0 Å². The number of esters is 1. The van der Waals surface area contributed by atoms with Gasteiger partial charge < -0.3 is 19.3 Å². The molecule has 18 heavy (non-hydrogen) atoms. The summed E-state index contributed by atoms with van der Waals surface area (Å²) in [6, 6.07) is 0. The van der Waals surface area contributed by atoms with Crippen molar-refractivity contribution in [3.63, 3.8) is 0 Å². The van der Waals surface area contributed by atoms with Crippen molar-refractivity contribution in [1.29, 1.82) is 0 Å². The van der Waals surface area contributed by atoms with Gasteiger partial charge in [0.05, 0.1) is 36.9 Å². The molecule has 0 aliphatic carbocycles. The Bertz CT molecular complexity index is 406. The maximum atomic E-state index is 11.9. The largest absolute Gasteiger partial charge is 0.463 e. The van der Waals surface area contributed by atoms with E-state index < -0.39 is 0 Å². The zero-order chi connectivity index (χ0) is 12.3. The minimum atomic E-state index is -0.234. The van der Waals surface area contributed by atoms with E-state index >= 15 is 0 Å². The molecule has 7 unspecified atom stereocenters. The smallest absolute Gasteiger partial charge is 0.311 e. The molecule has 0 amide bonds. The molecule has 4 heterocycles. The van der Waals surface area contributed by atoms with Crippen LogP contribution in [0.3, 0.4) is 0 Å². The molecule has 4 rings (SSSR count). The molecule has 0 saturated carbocycles. The van der Waals surface area contributed by atoms with E-state index in [1.165, 1.54) is 0 Å². The van der Waals surface area contributed by atoms with Crippen molar-refractivity contribution >= 4 is 5.97 Å². The van der Waals surface area contributed by atoms with E-state index in [1.54, 1.807) is 0 Å². The number of hydrogen-bond donors (Lipinski definition) is 1. The first-order valence-corrected chi connectivity index (χ1v) is 6.56. The van der Waals surface area contributed by atoms with Crippen LogP contribution in [0.5, 0.6) is 0 Å². The van der Waals surface area contributed by atoms with Crippen LogP contribution in [0.2, 0.25) is 0 Å². The minimum Gasteiger partial charge on any atom is -0.463 e. The summed E-state index contributed by atoms with van der Waals surface area (Å²) < 4.78 is 16.8. The van der Waals surface area contributed by atoms with Gasteiger partial charge in [0.1, 0.15) is 6.61 Å². The Kier molecular flexibility index (Phi) is 2.31. The molecular formula is C13H16O5. The molecule has 3 saturated heterocycles. The molecule has 4 bridgehead atoms. The summed E-state index contributed by atoms with van der Waals surface area (Å²) >= 11 is 0. The molecule has 0 aromatic carbocycles. The Hall–Kier alpha value is -0.910. The van der Waals surface area contributed by atoms with Crippen LogP contribution in [0.4, 0.5) is 0 Å². The Balaban J connectivity index is 1.52. The molecule has 0 spiro atoms. The highest BCUT2D eigenvalue weighted by Gasteiger charge is 2.65.